The minimum absolute atomic E-state index is 0.0268. The molecule has 7 heterocycles. The van der Waals surface area contributed by atoms with Crippen LogP contribution in [0.1, 0.15) is 66.9 Å². The van der Waals surface area contributed by atoms with Crippen molar-refractivity contribution in [1.82, 2.24) is 24.8 Å². The van der Waals surface area contributed by atoms with Crippen molar-refractivity contribution in [2.75, 3.05) is 49.1 Å². The van der Waals surface area contributed by atoms with E-state index in [4.69, 9.17) is 16.1 Å². The average Bonchev–Trinajstić information content (AvgIpc) is 4.03. The van der Waals surface area contributed by atoms with E-state index in [2.05, 4.69) is 32.3 Å². The fourth-order valence-corrected chi connectivity index (χ4v) is 10.1. The summed E-state index contributed by atoms with van der Waals surface area (Å²) in [5.41, 5.74) is 2.16. The Morgan fingerprint density at radius 1 is 1.02 bits per heavy atom. The summed E-state index contributed by atoms with van der Waals surface area (Å²) in [5.74, 6) is 1.18. The second-order valence-corrected chi connectivity index (χ2v) is 18.1. The number of carbonyl (C=O) groups excluding carboxylic acids is 2. The van der Waals surface area contributed by atoms with Crippen molar-refractivity contribution < 1.29 is 49.2 Å². The molecule has 2 bridgehead atoms. The Morgan fingerprint density at radius 3 is 2.34 bits per heavy atom. The molecular weight excluding hydrogens is 879 g/mol. The number of hydrogen-bond acceptors (Lipinski definition) is 9. The van der Waals surface area contributed by atoms with Gasteiger partial charge in [0.25, 0.3) is 5.91 Å². The van der Waals surface area contributed by atoms with Crippen LogP contribution in [0.3, 0.4) is 0 Å². The zero-order valence-electron chi connectivity index (χ0n) is 35.3. The normalized spacial score (nSPS) is 20.2. The second kappa shape index (κ2) is 17.4. The summed E-state index contributed by atoms with van der Waals surface area (Å²) >= 11 is 0. The quantitative estimate of drug-likeness (QED) is 0.0560. The van der Waals surface area contributed by atoms with E-state index in [-0.39, 0.29) is 63.0 Å². The Morgan fingerprint density at radius 2 is 1.69 bits per heavy atom. The van der Waals surface area contributed by atoms with Gasteiger partial charge in [-0.15, -0.1) is 13.0 Å². The van der Waals surface area contributed by atoms with Crippen LogP contribution in [0.2, 0.25) is 0 Å². The van der Waals surface area contributed by atoms with Crippen LogP contribution in [-0.4, -0.2) is 99.1 Å². The van der Waals surface area contributed by atoms with Crippen molar-refractivity contribution in [2.24, 2.45) is 0 Å². The van der Waals surface area contributed by atoms with Crippen molar-refractivity contribution in [2.45, 2.75) is 69.5 Å². The summed E-state index contributed by atoms with van der Waals surface area (Å²) in [6, 6.07) is 10.9. The van der Waals surface area contributed by atoms with Gasteiger partial charge in [-0.2, -0.15) is 9.97 Å². The van der Waals surface area contributed by atoms with Crippen LogP contribution in [0.15, 0.2) is 61.3 Å². The number of benzene rings is 3. The Hall–Kier alpha value is -6.05. The fourth-order valence-electron chi connectivity index (χ4n) is 10.1. The van der Waals surface area contributed by atoms with Crippen molar-refractivity contribution in [3.05, 3.63) is 89.6 Å². The monoisotopic (exact) mass is 923 g/mol. The number of nitrogens with zero attached hydrogens (tertiary/aromatic N) is 7. The van der Waals surface area contributed by atoms with Crippen LogP contribution in [0.4, 0.5) is 41.3 Å². The third kappa shape index (κ3) is 9.13. The standard InChI is InChI=1S/C43H39F2N7O4.C3H6.F5P/c1-2-31-34(44)10-7-26-17-30(54)19-32(36(26)31)38-37(45)39-33(20-46-38)40(48-42(47-39)56-23-43-12-3-14-51(43)15-4-13-43)50-21-28-8-9-29(22-50)52(28)41(55)27-6-5-25-11-16-49(24-53)35(25)18-27;1-3-2;1-6(2,3,4)5/h1,5-7,10,17-20,24,28-29,54H,3-4,8-9,11-16,21-23H2;3H,1H2,2H3;. The number of phenols is 1. The summed E-state index contributed by atoms with van der Waals surface area (Å²) in [6.07, 6.45) is 16.3. The number of hydrogen-bond donors (Lipinski definition) is 1. The molecule has 342 valence electrons. The van der Waals surface area contributed by atoms with Gasteiger partial charge in [-0.3, -0.25) is 19.5 Å². The Bertz CT molecular complexity index is 2720. The van der Waals surface area contributed by atoms with Gasteiger partial charge in [-0.1, -0.05) is 24.1 Å². The van der Waals surface area contributed by atoms with Crippen molar-refractivity contribution in [3.63, 3.8) is 0 Å². The van der Waals surface area contributed by atoms with Gasteiger partial charge >= 0.3 is 35.2 Å². The number of anilines is 2. The molecule has 0 radical (unpaired) electrons. The molecule has 10 rings (SSSR count). The molecule has 1 N–H and O–H groups in total. The predicted molar refractivity (Wildman–Crippen MR) is 235 cm³/mol. The van der Waals surface area contributed by atoms with Gasteiger partial charge in [-0.25, -0.2) is 8.78 Å². The number of terminal acetylenes is 1. The number of piperazine rings is 1. The number of phenolic OH excluding ortho intramolecular Hbond substituents is 1. The van der Waals surface area contributed by atoms with Crippen LogP contribution in [0.5, 0.6) is 11.8 Å². The maximum absolute atomic E-state index is 17.2. The number of carbonyl (C=O) groups is 2. The molecule has 11 nitrogen and oxygen atoms in total. The molecule has 2 atom stereocenters. The van der Waals surface area contributed by atoms with E-state index in [1.807, 2.05) is 30.0 Å². The first kappa shape index (κ1) is 45.5. The van der Waals surface area contributed by atoms with E-state index in [0.717, 1.165) is 75.7 Å². The van der Waals surface area contributed by atoms with Gasteiger partial charge in [-0.05, 0) is 106 Å². The number of ether oxygens (including phenoxy) is 1. The fraction of sp³-hybridized carbons (Fsp3) is 0.370. The molecule has 0 spiro atoms. The molecule has 2 aromatic heterocycles. The number of pyridine rings is 1. The molecule has 3 aromatic carbocycles. The average molecular weight is 924 g/mol. The number of rotatable bonds is 7. The number of aromatic hydroxyl groups is 1. The van der Waals surface area contributed by atoms with Gasteiger partial charge < -0.3 is 24.5 Å². The molecule has 2 amide bonds. The van der Waals surface area contributed by atoms with Crippen LogP contribution >= 0.6 is 8.16 Å². The Labute approximate surface area is 370 Å². The predicted octanol–water partition coefficient (Wildman–Crippen LogP) is 9.98. The van der Waals surface area contributed by atoms with Crippen molar-refractivity contribution >= 4 is 53.7 Å². The molecule has 0 aliphatic carbocycles. The van der Waals surface area contributed by atoms with E-state index in [0.29, 0.717) is 48.4 Å². The van der Waals surface area contributed by atoms with Crippen molar-refractivity contribution in [3.8, 4) is 35.4 Å². The number of fused-ring (bicyclic) bond motifs is 6. The minimum atomic E-state index is -8.55. The molecule has 19 heteroatoms. The third-order valence-electron chi connectivity index (χ3n) is 12.8. The summed E-state index contributed by atoms with van der Waals surface area (Å²) in [6.45, 7) is 9.15. The first-order valence-corrected chi connectivity index (χ1v) is 22.9. The Kier molecular flexibility index (Phi) is 12.2. The molecule has 65 heavy (non-hydrogen) atoms. The van der Waals surface area contributed by atoms with E-state index >= 15 is 8.78 Å². The molecule has 5 aliphatic heterocycles. The topological polar surface area (TPSA) is 115 Å². The first-order chi connectivity index (χ1) is 30.9. The summed E-state index contributed by atoms with van der Waals surface area (Å²) < 4.78 is 87.8. The number of amides is 2. The molecule has 5 aliphatic rings. The van der Waals surface area contributed by atoms with Crippen molar-refractivity contribution in [1.29, 1.82) is 0 Å². The molecule has 4 fully saturated rings. The third-order valence-corrected chi connectivity index (χ3v) is 12.8. The second-order valence-electron chi connectivity index (χ2n) is 16.8. The van der Waals surface area contributed by atoms with Crippen LogP contribution in [-0.2, 0) is 11.2 Å². The zero-order chi connectivity index (χ0) is 46.4. The molecule has 5 aromatic rings. The van der Waals surface area contributed by atoms with Crippen LogP contribution in [0, 0.1) is 24.0 Å². The van der Waals surface area contributed by atoms with E-state index < -0.39 is 19.8 Å². The van der Waals surface area contributed by atoms with Gasteiger partial charge in [0.05, 0.1) is 28.6 Å². The molecule has 2 unspecified atom stereocenters. The maximum atomic E-state index is 17.2. The molecule has 0 saturated carbocycles. The number of halogens is 7. The summed E-state index contributed by atoms with van der Waals surface area (Å²) in [5, 5.41) is 11.7. The summed E-state index contributed by atoms with van der Waals surface area (Å²) in [7, 11) is -8.55. The summed E-state index contributed by atoms with van der Waals surface area (Å²) in [4.78, 5) is 48.1. The van der Waals surface area contributed by atoms with E-state index in [1.54, 1.807) is 11.0 Å². The zero-order valence-corrected chi connectivity index (χ0v) is 36.2. The first-order valence-electron chi connectivity index (χ1n) is 21.2. The molecular formula is C46H45F7N7O4P. The number of allylic oxidation sites excluding steroid dienone is 1. The Balaban J connectivity index is 0.000000587. The van der Waals surface area contributed by atoms with E-state index in [1.165, 1.54) is 30.5 Å². The van der Waals surface area contributed by atoms with Gasteiger partial charge in [0.1, 0.15) is 35.2 Å². The van der Waals surface area contributed by atoms with Gasteiger partial charge in [0.15, 0.2) is 5.82 Å². The SMILES string of the molecule is C#Cc1c(F)ccc2cc(O)cc(-c3ncc4c(N5CC6CCC(C5)N6C(=O)c5ccc6c(c5)N(C=O)CC6)nc(OCC56CCCN5CCC6)nc4c3F)c12.C=CC.FP(F)(F)(F)F. The molecule has 4 saturated heterocycles. The van der Waals surface area contributed by atoms with E-state index in [9.17, 15) is 35.7 Å². The van der Waals surface area contributed by atoms with Gasteiger partial charge in [0.2, 0.25) is 6.41 Å². The van der Waals surface area contributed by atoms with Crippen LogP contribution < -0.4 is 14.5 Å². The van der Waals surface area contributed by atoms with Crippen LogP contribution in [0.25, 0.3) is 32.9 Å². The number of aromatic nitrogens is 3. The van der Waals surface area contributed by atoms with Gasteiger partial charge in [0, 0.05) is 48.0 Å².